The van der Waals surface area contributed by atoms with Crippen LogP contribution in [-0.4, -0.2) is 15.3 Å². The molecule has 0 bridgehead atoms. The molecule has 0 spiro atoms. The van der Waals surface area contributed by atoms with Gasteiger partial charge in [-0.1, -0.05) is 25.2 Å². The van der Waals surface area contributed by atoms with Crippen LogP contribution in [0.5, 0.6) is 0 Å². The van der Waals surface area contributed by atoms with Gasteiger partial charge in [-0.25, -0.2) is 4.98 Å². The first-order valence-electron chi connectivity index (χ1n) is 6.23. The maximum atomic E-state index is 12.3. The molecule has 0 radical (unpaired) electrons. The first kappa shape index (κ1) is 13.1. The third-order valence-corrected chi connectivity index (χ3v) is 4.99. The predicted molar refractivity (Wildman–Crippen MR) is 80.3 cm³/mol. The zero-order valence-electron chi connectivity index (χ0n) is 11.2. The Morgan fingerprint density at radius 1 is 1.42 bits per heavy atom. The third-order valence-electron chi connectivity index (χ3n) is 3.53. The summed E-state index contributed by atoms with van der Waals surface area (Å²) < 4.78 is 3.13. The van der Waals surface area contributed by atoms with Crippen molar-refractivity contribution in [2.24, 2.45) is 5.41 Å². The summed E-state index contributed by atoms with van der Waals surface area (Å²) >= 11 is 5.04. The summed E-state index contributed by atoms with van der Waals surface area (Å²) in [6, 6.07) is 2.00. The van der Waals surface area contributed by atoms with Gasteiger partial charge in [0.25, 0.3) is 0 Å². The van der Waals surface area contributed by atoms with Crippen molar-refractivity contribution in [2.75, 3.05) is 0 Å². The van der Waals surface area contributed by atoms with E-state index in [4.69, 9.17) is 0 Å². The molecule has 3 rings (SSSR count). The minimum atomic E-state index is 0.0289. The molecule has 100 valence electrons. The lowest BCUT2D eigenvalue weighted by atomic mass is 9.76. The average Bonchev–Trinajstić information content (AvgIpc) is 2.81. The number of rotatable bonds is 1. The van der Waals surface area contributed by atoms with Gasteiger partial charge in [0.05, 0.1) is 9.98 Å². The van der Waals surface area contributed by atoms with E-state index in [0.717, 1.165) is 32.3 Å². The zero-order valence-corrected chi connectivity index (χ0v) is 13.6. The second kappa shape index (κ2) is 4.28. The SMILES string of the molecule is Cc1cc2c(n1-c1ncc(Br)s1)CC(C)(C)CC2=O. The van der Waals surface area contributed by atoms with Crippen LogP contribution in [0.3, 0.4) is 0 Å². The van der Waals surface area contributed by atoms with Gasteiger partial charge in [-0.05, 0) is 40.8 Å². The molecule has 2 heterocycles. The normalized spacial score (nSPS) is 17.6. The molecule has 3 nitrogen and oxygen atoms in total. The number of hydrogen-bond donors (Lipinski definition) is 0. The highest BCUT2D eigenvalue weighted by Crippen LogP contribution is 2.38. The highest BCUT2D eigenvalue weighted by atomic mass is 79.9. The molecule has 1 aliphatic rings. The molecule has 0 saturated heterocycles. The van der Waals surface area contributed by atoms with Crippen LogP contribution in [0.2, 0.25) is 0 Å². The largest absolute Gasteiger partial charge is 0.294 e. The molecule has 0 N–H and O–H groups in total. The topological polar surface area (TPSA) is 34.9 Å². The van der Waals surface area contributed by atoms with Gasteiger partial charge >= 0.3 is 0 Å². The lowest BCUT2D eigenvalue weighted by Crippen LogP contribution is -2.27. The molecular weight excluding hydrogens is 324 g/mol. The molecule has 0 aliphatic heterocycles. The summed E-state index contributed by atoms with van der Waals surface area (Å²) in [5.74, 6) is 0.253. The zero-order chi connectivity index (χ0) is 13.8. The number of carbonyl (C=O) groups is 1. The summed E-state index contributed by atoms with van der Waals surface area (Å²) in [5, 5.41) is 0.927. The molecular formula is C14H15BrN2OS. The number of ketones is 1. The highest BCUT2D eigenvalue weighted by Gasteiger charge is 2.34. The van der Waals surface area contributed by atoms with Gasteiger partial charge in [0.2, 0.25) is 0 Å². The van der Waals surface area contributed by atoms with Gasteiger partial charge in [-0.2, -0.15) is 0 Å². The Balaban J connectivity index is 2.20. The summed E-state index contributed by atoms with van der Waals surface area (Å²) in [6.45, 7) is 6.34. The summed E-state index contributed by atoms with van der Waals surface area (Å²) in [5.41, 5.74) is 3.10. The summed E-state index contributed by atoms with van der Waals surface area (Å²) in [7, 11) is 0. The Kier molecular flexibility index (Phi) is 2.94. The van der Waals surface area contributed by atoms with Gasteiger partial charge in [-0.15, -0.1) is 0 Å². The van der Waals surface area contributed by atoms with E-state index in [1.54, 1.807) is 11.3 Å². The van der Waals surface area contributed by atoms with Crippen molar-refractivity contribution in [3.05, 3.63) is 33.0 Å². The molecule has 0 saturated carbocycles. The van der Waals surface area contributed by atoms with Crippen molar-refractivity contribution in [1.29, 1.82) is 0 Å². The van der Waals surface area contributed by atoms with Crippen LogP contribution in [0.15, 0.2) is 16.0 Å². The van der Waals surface area contributed by atoms with Gasteiger partial charge in [-0.3, -0.25) is 9.36 Å². The van der Waals surface area contributed by atoms with E-state index in [2.05, 4.69) is 39.3 Å². The first-order chi connectivity index (χ1) is 8.87. The lowest BCUT2D eigenvalue weighted by molar-refractivity contribution is 0.0911. The highest BCUT2D eigenvalue weighted by molar-refractivity contribution is 9.11. The van der Waals surface area contributed by atoms with E-state index < -0.39 is 0 Å². The van der Waals surface area contributed by atoms with E-state index in [-0.39, 0.29) is 11.2 Å². The number of thiazole rings is 1. The minimum Gasteiger partial charge on any atom is -0.294 e. The first-order valence-corrected chi connectivity index (χ1v) is 7.84. The van der Waals surface area contributed by atoms with Crippen molar-refractivity contribution >= 4 is 33.0 Å². The number of halogens is 1. The molecule has 0 unspecified atom stereocenters. The monoisotopic (exact) mass is 338 g/mol. The van der Waals surface area contributed by atoms with Crippen molar-refractivity contribution in [3.63, 3.8) is 0 Å². The van der Waals surface area contributed by atoms with Gasteiger partial charge in [0.1, 0.15) is 0 Å². The molecule has 2 aromatic rings. The van der Waals surface area contributed by atoms with Crippen LogP contribution in [0, 0.1) is 12.3 Å². The smallest absolute Gasteiger partial charge is 0.195 e. The minimum absolute atomic E-state index is 0.0289. The standard InChI is InChI=1S/C14H15BrN2OS/c1-8-4-9-10(5-14(2,3)6-11(9)18)17(8)13-16-7-12(15)19-13/h4,7H,5-6H2,1-3H3. The van der Waals surface area contributed by atoms with Crippen molar-refractivity contribution in [2.45, 2.75) is 33.6 Å². The molecule has 2 aromatic heterocycles. The molecule has 1 aliphatic carbocycles. The van der Waals surface area contributed by atoms with Crippen LogP contribution in [0.4, 0.5) is 0 Å². The Morgan fingerprint density at radius 3 is 2.79 bits per heavy atom. The van der Waals surface area contributed by atoms with E-state index in [9.17, 15) is 4.79 Å². The number of carbonyl (C=O) groups excluding carboxylic acids is 1. The Labute approximate surface area is 124 Å². The summed E-state index contributed by atoms with van der Waals surface area (Å²) in [4.78, 5) is 16.7. The van der Waals surface area contributed by atoms with E-state index in [1.165, 1.54) is 0 Å². The molecule has 0 amide bonds. The number of aromatic nitrogens is 2. The number of nitrogens with zero attached hydrogens (tertiary/aromatic N) is 2. The van der Waals surface area contributed by atoms with Gasteiger partial charge in [0.15, 0.2) is 10.9 Å². The Morgan fingerprint density at radius 2 is 2.16 bits per heavy atom. The predicted octanol–water partition coefficient (Wildman–Crippen LogP) is 4.16. The quantitative estimate of drug-likeness (QED) is 0.782. The number of hydrogen-bond acceptors (Lipinski definition) is 3. The van der Waals surface area contributed by atoms with Crippen molar-refractivity contribution < 1.29 is 4.79 Å². The number of fused-ring (bicyclic) bond motifs is 1. The van der Waals surface area contributed by atoms with Crippen LogP contribution in [0.25, 0.3) is 5.13 Å². The third kappa shape index (κ3) is 2.19. The van der Waals surface area contributed by atoms with Crippen LogP contribution >= 0.6 is 27.3 Å². The molecule has 0 fully saturated rings. The molecule has 5 heteroatoms. The number of Topliss-reactive ketones (excluding diaryl/α,β-unsaturated/α-hetero) is 1. The molecule has 0 atom stereocenters. The second-order valence-corrected chi connectivity index (χ2v) is 8.26. The number of aryl methyl sites for hydroxylation is 1. The van der Waals surface area contributed by atoms with Crippen LogP contribution in [-0.2, 0) is 6.42 Å². The van der Waals surface area contributed by atoms with E-state index in [0.29, 0.717) is 6.42 Å². The van der Waals surface area contributed by atoms with E-state index in [1.807, 2.05) is 19.2 Å². The van der Waals surface area contributed by atoms with Crippen molar-refractivity contribution in [1.82, 2.24) is 9.55 Å². The Bertz CT molecular complexity index is 669. The average molecular weight is 339 g/mol. The van der Waals surface area contributed by atoms with E-state index >= 15 is 0 Å². The maximum Gasteiger partial charge on any atom is 0.195 e. The Hall–Kier alpha value is -0.940. The molecule has 0 aromatic carbocycles. The fourth-order valence-corrected chi connectivity index (χ4v) is 4.03. The van der Waals surface area contributed by atoms with Gasteiger partial charge < -0.3 is 0 Å². The van der Waals surface area contributed by atoms with Crippen molar-refractivity contribution in [3.8, 4) is 5.13 Å². The maximum absolute atomic E-state index is 12.3. The van der Waals surface area contributed by atoms with Crippen LogP contribution in [0.1, 0.15) is 42.0 Å². The fraction of sp³-hybridized carbons (Fsp3) is 0.429. The molecule has 19 heavy (non-hydrogen) atoms. The summed E-state index contributed by atoms with van der Waals surface area (Å²) in [6.07, 6.45) is 3.35. The van der Waals surface area contributed by atoms with Crippen LogP contribution < -0.4 is 0 Å². The lowest BCUT2D eigenvalue weighted by Gasteiger charge is -2.29. The second-order valence-electron chi connectivity index (χ2n) is 5.87. The fourth-order valence-electron chi connectivity index (χ4n) is 2.77. The van der Waals surface area contributed by atoms with Gasteiger partial charge in [0, 0.05) is 23.4 Å².